The predicted octanol–water partition coefficient (Wildman–Crippen LogP) is -1.62. The highest BCUT2D eigenvalue weighted by Crippen LogP contribution is 1.95. The molecule has 2 heterocycles. The van der Waals surface area contributed by atoms with Gasteiger partial charge in [-0.25, -0.2) is 14.3 Å². The van der Waals surface area contributed by atoms with Crippen LogP contribution in [0.4, 0.5) is 0 Å². The molecule has 2 aromatic heterocycles. The van der Waals surface area contributed by atoms with Crippen molar-refractivity contribution in [2.45, 2.75) is 0 Å². The molecule has 2 rings (SSSR count). The third-order valence-electron chi connectivity index (χ3n) is 1.95. The summed E-state index contributed by atoms with van der Waals surface area (Å²) in [4.78, 5) is 27.0. The quantitative estimate of drug-likeness (QED) is 0.479. The van der Waals surface area contributed by atoms with Gasteiger partial charge in [0.1, 0.15) is 0 Å². The van der Waals surface area contributed by atoms with E-state index in [1.807, 2.05) is 0 Å². The second-order valence-corrected chi connectivity index (χ2v) is 2.94. The van der Waals surface area contributed by atoms with Crippen LogP contribution in [0, 0.1) is 0 Å². The molecule has 0 atom stereocenters. The molecule has 0 unspecified atom stereocenters. The molecular weight excluding hydrogens is 172 g/mol. The van der Waals surface area contributed by atoms with Gasteiger partial charge in [-0.15, -0.1) is 0 Å². The summed E-state index contributed by atoms with van der Waals surface area (Å²) in [6.45, 7) is 0. The highest BCUT2D eigenvalue weighted by Gasteiger charge is 2.14. The van der Waals surface area contributed by atoms with Crippen molar-refractivity contribution in [3.05, 3.63) is 27.2 Å². The van der Waals surface area contributed by atoms with Crippen LogP contribution >= 0.6 is 0 Å². The van der Waals surface area contributed by atoms with Crippen LogP contribution in [0.15, 0.2) is 15.9 Å². The number of nitrogens with zero attached hydrogens (tertiary/aromatic N) is 2. The Kier molecular flexibility index (Phi) is 1.39. The zero-order valence-corrected chi connectivity index (χ0v) is 7.29. The molecule has 0 saturated heterocycles. The largest absolute Gasteiger partial charge is 0.384 e. The Morgan fingerprint density at radius 3 is 2.77 bits per heavy atom. The first-order valence-corrected chi connectivity index (χ1v) is 3.77. The molecule has 0 amide bonds. The van der Waals surface area contributed by atoms with Gasteiger partial charge < -0.3 is 0 Å². The zero-order chi connectivity index (χ0) is 9.59. The summed E-state index contributed by atoms with van der Waals surface area (Å²) < 4.78 is 3.34. The monoisotopic (exact) mass is 181 g/mol. The molecule has 6 heteroatoms. The van der Waals surface area contributed by atoms with Crippen LogP contribution in [0.5, 0.6) is 0 Å². The Labute approximate surface area is 72.5 Å². The SMILES string of the molecule is Cn1c[n+](C)c2[nH]c(=O)[nH]c(=O)c21. The Balaban J connectivity index is 3.15. The molecule has 0 aliphatic carbocycles. The zero-order valence-electron chi connectivity index (χ0n) is 7.29. The van der Waals surface area contributed by atoms with Crippen molar-refractivity contribution < 1.29 is 4.57 Å². The predicted molar refractivity (Wildman–Crippen MR) is 45.3 cm³/mol. The summed E-state index contributed by atoms with van der Waals surface area (Å²) in [5, 5.41) is 0. The van der Waals surface area contributed by atoms with E-state index in [1.165, 1.54) is 0 Å². The van der Waals surface area contributed by atoms with Crippen LogP contribution < -0.4 is 15.8 Å². The van der Waals surface area contributed by atoms with E-state index in [-0.39, 0.29) is 5.56 Å². The Hall–Kier alpha value is -1.85. The number of H-pyrrole nitrogens is 2. The lowest BCUT2D eigenvalue weighted by Crippen LogP contribution is -2.31. The van der Waals surface area contributed by atoms with E-state index in [2.05, 4.69) is 9.97 Å². The fourth-order valence-corrected chi connectivity index (χ4v) is 1.43. The highest BCUT2D eigenvalue weighted by atomic mass is 16.2. The van der Waals surface area contributed by atoms with Crippen LogP contribution in [-0.4, -0.2) is 14.5 Å². The number of nitrogens with one attached hydrogen (secondary N) is 2. The van der Waals surface area contributed by atoms with E-state index in [9.17, 15) is 9.59 Å². The minimum Gasteiger partial charge on any atom is -0.265 e. The first-order chi connectivity index (χ1) is 6.09. The lowest BCUT2D eigenvalue weighted by atomic mass is 10.5. The van der Waals surface area contributed by atoms with E-state index in [1.54, 1.807) is 29.6 Å². The van der Waals surface area contributed by atoms with Crippen molar-refractivity contribution >= 4 is 11.2 Å². The van der Waals surface area contributed by atoms with Gasteiger partial charge in [0.05, 0.1) is 14.1 Å². The van der Waals surface area contributed by atoms with E-state index in [4.69, 9.17) is 0 Å². The summed E-state index contributed by atoms with van der Waals surface area (Å²) >= 11 is 0. The lowest BCUT2D eigenvalue weighted by molar-refractivity contribution is -0.647. The fourth-order valence-electron chi connectivity index (χ4n) is 1.43. The van der Waals surface area contributed by atoms with Gasteiger partial charge in [0, 0.05) is 0 Å². The van der Waals surface area contributed by atoms with Crippen molar-refractivity contribution in [2.75, 3.05) is 0 Å². The smallest absolute Gasteiger partial charge is 0.265 e. The van der Waals surface area contributed by atoms with Gasteiger partial charge in [-0.3, -0.25) is 14.3 Å². The number of hydrogen-bond donors (Lipinski definition) is 2. The third-order valence-corrected chi connectivity index (χ3v) is 1.95. The molecule has 0 saturated carbocycles. The van der Waals surface area contributed by atoms with Gasteiger partial charge in [0.25, 0.3) is 11.2 Å². The molecular formula is C7H9N4O2+. The first kappa shape index (κ1) is 7.78. The number of aryl methyl sites for hydroxylation is 2. The van der Waals surface area contributed by atoms with Gasteiger partial charge in [-0.1, -0.05) is 0 Å². The molecule has 0 bridgehead atoms. The normalized spacial score (nSPS) is 10.9. The van der Waals surface area contributed by atoms with Crippen molar-refractivity contribution in [1.82, 2.24) is 14.5 Å². The van der Waals surface area contributed by atoms with Gasteiger partial charge in [-0.2, -0.15) is 0 Å². The highest BCUT2D eigenvalue weighted by molar-refractivity contribution is 5.64. The molecule has 0 radical (unpaired) electrons. The minimum absolute atomic E-state index is 0.373. The number of aromatic amines is 2. The van der Waals surface area contributed by atoms with Crippen molar-refractivity contribution in [2.24, 2.45) is 14.1 Å². The molecule has 0 aliphatic heterocycles. The Morgan fingerprint density at radius 1 is 1.38 bits per heavy atom. The second kappa shape index (κ2) is 2.32. The fraction of sp³-hybridized carbons (Fsp3) is 0.286. The van der Waals surface area contributed by atoms with E-state index in [0.29, 0.717) is 11.2 Å². The van der Waals surface area contributed by atoms with Crippen molar-refractivity contribution in [3.8, 4) is 0 Å². The van der Waals surface area contributed by atoms with Crippen molar-refractivity contribution in [3.63, 3.8) is 0 Å². The summed E-state index contributed by atoms with van der Waals surface area (Å²) in [6.07, 6.45) is 1.72. The van der Waals surface area contributed by atoms with Crippen LogP contribution in [0.3, 0.4) is 0 Å². The maximum Gasteiger partial charge on any atom is 0.384 e. The third kappa shape index (κ3) is 0.986. The summed E-state index contributed by atoms with van der Waals surface area (Å²) in [7, 11) is 3.51. The molecule has 2 N–H and O–H groups in total. The summed E-state index contributed by atoms with van der Waals surface area (Å²) in [6, 6.07) is 0. The summed E-state index contributed by atoms with van der Waals surface area (Å²) in [5.41, 5.74) is 0.125. The maximum atomic E-state index is 11.3. The lowest BCUT2D eigenvalue weighted by Gasteiger charge is -1.84. The van der Waals surface area contributed by atoms with Crippen LogP contribution in [0.25, 0.3) is 11.2 Å². The topological polar surface area (TPSA) is 74.5 Å². The number of aromatic nitrogens is 4. The van der Waals surface area contributed by atoms with Crippen LogP contribution in [0.1, 0.15) is 0 Å². The number of imidazole rings is 1. The van der Waals surface area contributed by atoms with E-state index < -0.39 is 5.69 Å². The number of hydrogen-bond acceptors (Lipinski definition) is 2. The van der Waals surface area contributed by atoms with Crippen molar-refractivity contribution in [1.29, 1.82) is 0 Å². The summed E-state index contributed by atoms with van der Waals surface area (Å²) in [5.74, 6) is 0. The standard InChI is InChI=1S/C7H8N4O2/c1-10-3-11(2)5-4(10)6(12)9-7(13)8-5/h3H,1-2H3,(H-,8,9,12,13)/p+1. The minimum atomic E-state index is -0.487. The first-order valence-electron chi connectivity index (χ1n) is 3.77. The van der Waals surface area contributed by atoms with Gasteiger partial charge in [0.2, 0.25) is 5.52 Å². The number of fused-ring (bicyclic) bond motifs is 1. The molecule has 0 aliphatic rings. The second-order valence-electron chi connectivity index (χ2n) is 2.94. The average molecular weight is 181 g/mol. The molecule has 0 spiro atoms. The molecule has 6 nitrogen and oxygen atoms in total. The molecule has 2 aromatic rings. The van der Waals surface area contributed by atoms with Crippen LogP contribution in [0.2, 0.25) is 0 Å². The molecule has 13 heavy (non-hydrogen) atoms. The Morgan fingerprint density at radius 2 is 2.08 bits per heavy atom. The maximum absolute atomic E-state index is 11.3. The van der Waals surface area contributed by atoms with Gasteiger partial charge >= 0.3 is 5.69 Å². The number of rotatable bonds is 0. The average Bonchev–Trinajstić information content (AvgIpc) is 2.27. The van der Waals surface area contributed by atoms with Crippen LogP contribution in [-0.2, 0) is 14.1 Å². The van der Waals surface area contributed by atoms with E-state index >= 15 is 0 Å². The molecule has 0 fully saturated rings. The molecule has 68 valence electrons. The van der Waals surface area contributed by atoms with Gasteiger partial charge in [0.15, 0.2) is 6.33 Å². The molecule has 0 aromatic carbocycles. The van der Waals surface area contributed by atoms with Gasteiger partial charge in [-0.05, 0) is 0 Å². The Bertz CT molecular complexity index is 574. The van der Waals surface area contributed by atoms with E-state index in [0.717, 1.165) is 0 Å².